The second-order valence-electron chi connectivity index (χ2n) is 6.02. The molecule has 1 rings (SSSR count). The van der Waals surface area contributed by atoms with E-state index in [1.807, 2.05) is 30.3 Å². The average molecular weight is 336 g/mol. The van der Waals surface area contributed by atoms with E-state index in [1.165, 1.54) is 0 Å². The van der Waals surface area contributed by atoms with E-state index < -0.39 is 23.8 Å². The standard InChI is InChI=1S/C17H24N2O5/c1-17(2,24-15(18)21)10-6-9-14(11-20)19-16(22)23-12-13-7-4-3-5-8-13/h3-5,7-8,11,14H,6,9-10,12H2,1-2H3,(H2,18,21)(H,19,22). The highest BCUT2D eigenvalue weighted by atomic mass is 16.6. The summed E-state index contributed by atoms with van der Waals surface area (Å²) >= 11 is 0. The van der Waals surface area contributed by atoms with E-state index in [9.17, 15) is 14.4 Å². The van der Waals surface area contributed by atoms with Gasteiger partial charge in [-0.2, -0.15) is 0 Å². The van der Waals surface area contributed by atoms with Crippen molar-refractivity contribution in [3.63, 3.8) is 0 Å². The quantitative estimate of drug-likeness (QED) is 0.674. The molecule has 7 heteroatoms. The van der Waals surface area contributed by atoms with Gasteiger partial charge in [-0.3, -0.25) is 0 Å². The number of primary amides is 1. The van der Waals surface area contributed by atoms with Gasteiger partial charge in [-0.1, -0.05) is 30.3 Å². The first-order valence-electron chi connectivity index (χ1n) is 7.73. The number of benzene rings is 1. The van der Waals surface area contributed by atoms with Gasteiger partial charge < -0.3 is 25.3 Å². The molecule has 2 amide bonds. The SMILES string of the molecule is CC(C)(CCCC(C=O)NC(=O)OCc1ccccc1)OC(N)=O. The Balaban J connectivity index is 2.32. The summed E-state index contributed by atoms with van der Waals surface area (Å²) in [7, 11) is 0. The zero-order chi connectivity index (χ0) is 18.0. The third-order valence-corrected chi connectivity index (χ3v) is 3.35. The summed E-state index contributed by atoms with van der Waals surface area (Å²) in [6.07, 6.45) is 0.670. The molecule has 0 saturated carbocycles. The Morgan fingerprint density at radius 2 is 1.96 bits per heavy atom. The van der Waals surface area contributed by atoms with E-state index in [0.29, 0.717) is 25.5 Å². The van der Waals surface area contributed by atoms with E-state index in [2.05, 4.69) is 5.32 Å². The zero-order valence-electron chi connectivity index (χ0n) is 14.0. The molecule has 0 spiro atoms. The predicted molar refractivity (Wildman–Crippen MR) is 88.2 cm³/mol. The number of carbonyl (C=O) groups is 3. The molecule has 0 bridgehead atoms. The number of aldehydes is 1. The summed E-state index contributed by atoms with van der Waals surface area (Å²) in [5.74, 6) is 0. The van der Waals surface area contributed by atoms with Crippen LogP contribution in [0.25, 0.3) is 0 Å². The number of hydrogen-bond acceptors (Lipinski definition) is 5. The molecule has 0 aliphatic heterocycles. The van der Waals surface area contributed by atoms with Crippen molar-refractivity contribution in [2.45, 2.75) is 51.4 Å². The average Bonchev–Trinajstić information content (AvgIpc) is 2.51. The first-order valence-corrected chi connectivity index (χ1v) is 7.73. The summed E-state index contributed by atoms with van der Waals surface area (Å²) in [6.45, 7) is 3.60. The van der Waals surface area contributed by atoms with Crippen molar-refractivity contribution in [2.75, 3.05) is 0 Å². The lowest BCUT2D eigenvalue weighted by atomic mass is 9.99. The number of rotatable bonds is 9. The summed E-state index contributed by atoms with van der Waals surface area (Å²) in [4.78, 5) is 33.6. The molecule has 1 aromatic carbocycles. The van der Waals surface area contributed by atoms with Crippen LogP contribution in [0.3, 0.4) is 0 Å². The van der Waals surface area contributed by atoms with Crippen LogP contribution in [-0.2, 0) is 20.9 Å². The van der Waals surface area contributed by atoms with Crippen LogP contribution in [0.4, 0.5) is 9.59 Å². The molecule has 132 valence electrons. The van der Waals surface area contributed by atoms with Crippen molar-refractivity contribution >= 4 is 18.5 Å². The molecule has 0 aliphatic carbocycles. The second kappa shape index (κ2) is 9.54. The number of amides is 2. The summed E-state index contributed by atoms with van der Waals surface area (Å²) < 4.78 is 10.0. The highest BCUT2D eigenvalue weighted by Crippen LogP contribution is 2.18. The summed E-state index contributed by atoms with van der Waals surface area (Å²) in [5.41, 5.74) is 5.14. The Bertz CT molecular complexity index is 545. The maximum absolute atomic E-state index is 11.7. The largest absolute Gasteiger partial charge is 0.445 e. The number of ether oxygens (including phenoxy) is 2. The van der Waals surface area contributed by atoms with Gasteiger partial charge in [0.05, 0.1) is 6.04 Å². The predicted octanol–water partition coefficient (Wildman–Crippen LogP) is 2.52. The van der Waals surface area contributed by atoms with Crippen LogP contribution in [-0.4, -0.2) is 30.1 Å². The fourth-order valence-corrected chi connectivity index (χ4v) is 2.16. The Morgan fingerprint density at radius 3 is 2.54 bits per heavy atom. The van der Waals surface area contributed by atoms with E-state index in [-0.39, 0.29) is 6.61 Å². The Labute approximate surface area is 141 Å². The highest BCUT2D eigenvalue weighted by Gasteiger charge is 2.22. The first-order chi connectivity index (χ1) is 11.3. The summed E-state index contributed by atoms with van der Waals surface area (Å²) in [5, 5.41) is 2.50. The normalized spacial score (nSPS) is 12.1. The molecule has 0 heterocycles. The maximum atomic E-state index is 11.7. The van der Waals surface area contributed by atoms with Gasteiger partial charge in [-0.25, -0.2) is 9.59 Å². The molecule has 0 fully saturated rings. The van der Waals surface area contributed by atoms with Gasteiger partial charge in [0.2, 0.25) is 0 Å². The number of nitrogens with one attached hydrogen (secondary N) is 1. The van der Waals surface area contributed by atoms with E-state index in [4.69, 9.17) is 15.2 Å². The van der Waals surface area contributed by atoms with Gasteiger partial charge in [0.1, 0.15) is 18.5 Å². The number of hydrogen-bond donors (Lipinski definition) is 2. The van der Waals surface area contributed by atoms with Gasteiger partial charge in [0, 0.05) is 0 Å². The Morgan fingerprint density at radius 1 is 1.29 bits per heavy atom. The van der Waals surface area contributed by atoms with Gasteiger partial charge >= 0.3 is 12.2 Å². The minimum atomic E-state index is -0.838. The second-order valence-corrected chi connectivity index (χ2v) is 6.02. The van der Waals surface area contributed by atoms with Crippen LogP contribution in [0.5, 0.6) is 0 Å². The van der Waals surface area contributed by atoms with Crippen LogP contribution in [0, 0.1) is 0 Å². The minimum absolute atomic E-state index is 0.137. The summed E-state index contributed by atoms with van der Waals surface area (Å²) in [6, 6.07) is 8.59. The van der Waals surface area contributed by atoms with Crippen molar-refractivity contribution in [2.24, 2.45) is 5.73 Å². The van der Waals surface area contributed by atoms with Crippen LogP contribution in [0.1, 0.15) is 38.7 Å². The highest BCUT2D eigenvalue weighted by molar-refractivity contribution is 5.73. The fraction of sp³-hybridized carbons (Fsp3) is 0.471. The fourth-order valence-electron chi connectivity index (χ4n) is 2.16. The van der Waals surface area contributed by atoms with Crippen LogP contribution in [0.2, 0.25) is 0 Å². The van der Waals surface area contributed by atoms with Crippen LogP contribution in [0.15, 0.2) is 30.3 Å². The molecular formula is C17H24N2O5. The van der Waals surface area contributed by atoms with Crippen molar-refractivity contribution in [3.8, 4) is 0 Å². The lowest BCUT2D eigenvalue weighted by Crippen LogP contribution is -2.37. The molecule has 0 aromatic heterocycles. The minimum Gasteiger partial charge on any atom is -0.445 e. The molecule has 3 N–H and O–H groups in total. The number of carbonyl (C=O) groups excluding carboxylic acids is 3. The van der Waals surface area contributed by atoms with Crippen LogP contribution < -0.4 is 11.1 Å². The molecular weight excluding hydrogens is 312 g/mol. The monoisotopic (exact) mass is 336 g/mol. The molecule has 0 saturated heterocycles. The van der Waals surface area contributed by atoms with Gasteiger partial charge in [0.25, 0.3) is 0 Å². The van der Waals surface area contributed by atoms with Gasteiger partial charge in [-0.15, -0.1) is 0 Å². The molecule has 0 aliphatic rings. The topological polar surface area (TPSA) is 108 Å². The lowest BCUT2D eigenvalue weighted by molar-refractivity contribution is -0.109. The van der Waals surface area contributed by atoms with E-state index in [0.717, 1.165) is 5.56 Å². The number of nitrogens with two attached hydrogens (primary N) is 1. The zero-order valence-corrected chi connectivity index (χ0v) is 14.0. The Kier molecular flexibility index (Phi) is 7.74. The van der Waals surface area contributed by atoms with Crippen molar-refractivity contribution in [1.29, 1.82) is 0 Å². The lowest BCUT2D eigenvalue weighted by Gasteiger charge is -2.24. The molecule has 24 heavy (non-hydrogen) atoms. The first kappa shape index (κ1) is 19.5. The smallest absolute Gasteiger partial charge is 0.408 e. The van der Waals surface area contributed by atoms with Gasteiger partial charge in [-0.05, 0) is 38.7 Å². The van der Waals surface area contributed by atoms with Crippen molar-refractivity contribution < 1.29 is 23.9 Å². The maximum Gasteiger partial charge on any atom is 0.408 e. The van der Waals surface area contributed by atoms with Gasteiger partial charge in [0.15, 0.2) is 0 Å². The molecule has 1 atom stereocenters. The molecule has 1 aromatic rings. The van der Waals surface area contributed by atoms with E-state index in [1.54, 1.807) is 13.8 Å². The van der Waals surface area contributed by atoms with E-state index >= 15 is 0 Å². The van der Waals surface area contributed by atoms with Crippen molar-refractivity contribution in [3.05, 3.63) is 35.9 Å². The number of alkyl carbamates (subject to hydrolysis) is 1. The van der Waals surface area contributed by atoms with Crippen molar-refractivity contribution in [1.82, 2.24) is 5.32 Å². The third-order valence-electron chi connectivity index (χ3n) is 3.35. The molecule has 0 radical (unpaired) electrons. The van der Waals surface area contributed by atoms with Crippen LogP contribution >= 0.6 is 0 Å². The Hall–Kier alpha value is -2.57. The molecule has 7 nitrogen and oxygen atoms in total. The molecule has 1 unspecified atom stereocenters. The third kappa shape index (κ3) is 8.17.